The monoisotopic (exact) mass is 253 g/mol. The van der Waals surface area contributed by atoms with E-state index in [1.165, 1.54) is 0 Å². The topological polar surface area (TPSA) is 86.5 Å². The predicted octanol–water partition coefficient (Wildman–Crippen LogP) is 0.0702. The van der Waals surface area contributed by atoms with Crippen molar-refractivity contribution in [2.75, 3.05) is 20.3 Å². The van der Waals surface area contributed by atoms with Crippen molar-refractivity contribution in [1.82, 2.24) is 10.3 Å². The molecular weight excluding hydrogens is 234 g/mol. The summed E-state index contributed by atoms with van der Waals surface area (Å²) in [7, 11) is 1.57. The van der Waals surface area contributed by atoms with Gasteiger partial charge in [-0.15, -0.1) is 0 Å². The van der Waals surface area contributed by atoms with E-state index in [9.17, 15) is 4.79 Å². The zero-order chi connectivity index (χ0) is 13.4. The second kappa shape index (κ2) is 7.62. The molecule has 6 heteroatoms. The molecule has 100 valence electrons. The molecule has 1 aromatic rings. The van der Waals surface area contributed by atoms with Gasteiger partial charge in [0.15, 0.2) is 0 Å². The molecule has 0 radical (unpaired) electrons. The maximum atomic E-state index is 11.3. The summed E-state index contributed by atoms with van der Waals surface area (Å²) >= 11 is 0. The van der Waals surface area contributed by atoms with E-state index in [0.717, 1.165) is 5.56 Å². The first-order valence-corrected chi connectivity index (χ1v) is 5.79. The fourth-order valence-corrected chi connectivity index (χ4v) is 1.38. The molecule has 0 aliphatic carbocycles. The van der Waals surface area contributed by atoms with Gasteiger partial charge in [0.25, 0.3) is 0 Å². The van der Waals surface area contributed by atoms with Crippen LogP contribution in [-0.2, 0) is 16.1 Å². The van der Waals surface area contributed by atoms with Gasteiger partial charge in [0.2, 0.25) is 5.88 Å². The maximum absolute atomic E-state index is 11.3. The van der Waals surface area contributed by atoms with Crippen LogP contribution in [0.5, 0.6) is 5.88 Å². The Kier molecular flexibility index (Phi) is 6.10. The molecule has 1 atom stereocenters. The summed E-state index contributed by atoms with van der Waals surface area (Å²) in [4.78, 5) is 15.3. The van der Waals surface area contributed by atoms with Gasteiger partial charge >= 0.3 is 5.97 Å². The Morgan fingerprint density at radius 1 is 1.61 bits per heavy atom. The van der Waals surface area contributed by atoms with Crippen molar-refractivity contribution in [2.45, 2.75) is 19.5 Å². The van der Waals surface area contributed by atoms with Gasteiger partial charge in [0, 0.05) is 25.4 Å². The number of methoxy groups -OCH3 is 1. The van der Waals surface area contributed by atoms with Gasteiger partial charge in [-0.3, -0.25) is 4.79 Å². The fraction of sp³-hybridized carbons (Fsp3) is 0.500. The van der Waals surface area contributed by atoms with E-state index in [1.54, 1.807) is 20.2 Å². The first-order chi connectivity index (χ1) is 8.67. The van der Waals surface area contributed by atoms with Gasteiger partial charge < -0.3 is 20.5 Å². The van der Waals surface area contributed by atoms with Crippen molar-refractivity contribution in [3.05, 3.63) is 23.9 Å². The molecule has 0 fully saturated rings. The maximum Gasteiger partial charge on any atom is 0.324 e. The number of rotatable bonds is 7. The number of hydrogen-bond acceptors (Lipinski definition) is 6. The zero-order valence-electron chi connectivity index (χ0n) is 10.7. The van der Waals surface area contributed by atoms with Crippen LogP contribution >= 0.6 is 0 Å². The molecule has 1 heterocycles. The van der Waals surface area contributed by atoms with Gasteiger partial charge in [-0.25, -0.2) is 4.98 Å². The van der Waals surface area contributed by atoms with E-state index in [0.29, 0.717) is 25.6 Å². The standard InChI is InChI=1S/C12H19N3O3/c1-3-18-12(16)10(13)8-14-7-9-4-5-15-11(6-9)17-2/h4-6,10,14H,3,7-8,13H2,1-2H3. The third kappa shape index (κ3) is 4.68. The van der Waals surface area contributed by atoms with E-state index in [4.69, 9.17) is 15.2 Å². The van der Waals surface area contributed by atoms with Gasteiger partial charge in [0.05, 0.1) is 13.7 Å². The molecule has 3 N–H and O–H groups in total. The first-order valence-electron chi connectivity index (χ1n) is 5.79. The summed E-state index contributed by atoms with van der Waals surface area (Å²) in [6.07, 6.45) is 1.67. The lowest BCUT2D eigenvalue weighted by Crippen LogP contribution is -2.41. The molecule has 0 aromatic carbocycles. The number of nitrogens with zero attached hydrogens (tertiary/aromatic N) is 1. The molecule has 0 bridgehead atoms. The molecule has 0 aliphatic rings. The Morgan fingerprint density at radius 2 is 2.39 bits per heavy atom. The van der Waals surface area contributed by atoms with Crippen LogP contribution in [-0.4, -0.2) is 37.3 Å². The summed E-state index contributed by atoms with van der Waals surface area (Å²) in [5.74, 6) is 0.168. The molecule has 0 saturated heterocycles. The van der Waals surface area contributed by atoms with Crippen molar-refractivity contribution in [2.24, 2.45) is 5.73 Å². The van der Waals surface area contributed by atoms with E-state index >= 15 is 0 Å². The quantitative estimate of drug-likeness (QED) is 0.669. The molecule has 1 rings (SSSR count). The second-order valence-electron chi connectivity index (χ2n) is 3.70. The first kappa shape index (κ1) is 14.4. The highest BCUT2D eigenvalue weighted by atomic mass is 16.5. The molecule has 1 aromatic heterocycles. The van der Waals surface area contributed by atoms with Crippen LogP contribution in [0.2, 0.25) is 0 Å². The predicted molar refractivity (Wildman–Crippen MR) is 67.1 cm³/mol. The third-order valence-electron chi connectivity index (χ3n) is 2.29. The Morgan fingerprint density at radius 3 is 3.06 bits per heavy atom. The summed E-state index contributed by atoms with van der Waals surface area (Å²) in [5.41, 5.74) is 6.66. The Bertz CT molecular complexity index is 385. The molecule has 0 saturated carbocycles. The smallest absolute Gasteiger partial charge is 0.324 e. The highest BCUT2D eigenvalue weighted by Gasteiger charge is 2.13. The van der Waals surface area contributed by atoms with Crippen molar-refractivity contribution in [1.29, 1.82) is 0 Å². The minimum Gasteiger partial charge on any atom is -0.481 e. The van der Waals surface area contributed by atoms with Crippen molar-refractivity contribution >= 4 is 5.97 Å². The zero-order valence-corrected chi connectivity index (χ0v) is 10.7. The van der Waals surface area contributed by atoms with Crippen LogP contribution in [0.25, 0.3) is 0 Å². The molecule has 0 spiro atoms. The summed E-state index contributed by atoms with van der Waals surface area (Å²) in [6.45, 7) is 3.05. The number of pyridine rings is 1. The highest BCUT2D eigenvalue weighted by molar-refractivity contribution is 5.75. The number of esters is 1. The Hall–Kier alpha value is -1.66. The molecule has 0 amide bonds. The summed E-state index contributed by atoms with van der Waals surface area (Å²) in [5, 5.41) is 3.08. The van der Waals surface area contributed by atoms with E-state index in [1.807, 2.05) is 12.1 Å². The minimum atomic E-state index is -0.645. The van der Waals surface area contributed by atoms with Crippen molar-refractivity contribution < 1.29 is 14.3 Å². The van der Waals surface area contributed by atoms with E-state index < -0.39 is 12.0 Å². The van der Waals surface area contributed by atoms with Gasteiger partial charge in [-0.05, 0) is 18.6 Å². The average molecular weight is 253 g/mol. The highest BCUT2D eigenvalue weighted by Crippen LogP contribution is 2.07. The van der Waals surface area contributed by atoms with Gasteiger partial charge in [-0.1, -0.05) is 0 Å². The van der Waals surface area contributed by atoms with Crippen LogP contribution in [0.1, 0.15) is 12.5 Å². The number of nitrogens with two attached hydrogens (primary N) is 1. The Balaban J connectivity index is 2.34. The van der Waals surface area contributed by atoms with Crippen LogP contribution in [0.3, 0.4) is 0 Å². The van der Waals surface area contributed by atoms with Gasteiger partial charge in [-0.2, -0.15) is 0 Å². The molecule has 6 nitrogen and oxygen atoms in total. The number of hydrogen-bond donors (Lipinski definition) is 2. The SMILES string of the molecule is CCOC(=O)C(N)CNCc1ccnc(OC)c1. The minimum absolute atomic E-state index is 0.341. The van der Waals surface area contributed by atoms with E-state index in [-0.39, 0.29) is 0 Å². The molecule has 1 unspecified atom stereocenters. The number of nitrogens with one attached hydrogen (secondary N) is 1. The van der Waals surface area contributed by atoms with Crippen molar-refractivity contribution in [3.8, 4) is 5.88 Å². The lowest BCUT2D eigenvalue weighted by atomic mass is 10.2. The number of ether oxygens (including phenoxy) is 2. The molecule has 18 heavy (non-hydrogen) atoms. The molecule has 0 aliphatic heterocycles. The third-order valence-corrected chi connectivity index (χ3v) is 2.29. The van der Waals surface area contributed by atoms with Crippen LogP contribution in [0, 0.1) is 0 Å². The van der Waals surface area contributed by atoms with Crippen LogP contribution < -0.4 is 15.8 Å². The lowest BCUT2D eigenvalue weighted by Gasteiger charge is -2.11. The van der Waals surface area contributed by atoms with Gasteiger partial charge in [0.1, 0.15) is 6.04 Å². The summed E-state index contributed by atoms with van der Waals surface area (Å²) in [6, 6.07) is 3.04. The largest absolute Gasteiger partial charge is 0.481 e. The fourth-order valence-electron chi connectivity index (χ4n) is 1.38. The molecular formula is C12H19N3O3. The summed E-state index contributed by atoms with van der Waals surface area (Å²) < 4.78 is 9.82. The Labute approximate surface area is 106 Å². The second-order valence-corrected chi connectivity index (χ2v) is 3.70. The van der Waals surface area contributed by atoms with Crippen LogP contribution in [0.15, 0.2) is 18.3 Å². The lowest BCUT2D eigenvalue weighted by molar-refractivity contribution is -0.144. The number of carbonyl (C=O) groups is 1. The number of carbonyl (C=O) groups excluding carboxylic acids is 1. The average Bonchev–Trinajstić information content (AvgIpc) is 2.39. The van der Waals surface area contributed by atoms with Crippen molar-refractivity contribution in [3.63, 3.8) is 0 Å². The normalized spacial score (nSPS) is 11.9. The van der Waals surface area contributed by atoms with Crippen LogP contribution in [0.4, 0.5) is 0 Å². The number of aromatic nitrogens is 1. The van der Waals surface area contributed by atoms with E-state index in [2.05, 4.69) is 10.3 Å².